The molecule has 632 valence electrons. The number of para-hydroxylation sites is 1. The topological polar surface area (TPSA) is 411 Å². The third-order valence-corrected chi connectivity index (χ3v) is 18.2. The molecule has 7 aromatic heterocycles. The molecule has 36 heteroatoms. The van der Waals surface area contributed by atoms with Gasteiger partial charge >= 0.3 is 17.9 Å². The number of pyridine rings is 6. The van der Waals surface area contributed by atoms with Crippen molar-refractivity contribution in [3.63, 3.8) is 0 Å². The Morgan fingerprint density at radius 2 is 0.726 bits per heavy atom. The fourth-order valence-corrected chi connectivity index (χ4v) is 12.0. The minimum absolute atomic E-state index is 0.00231. The molecular weight excluding hydrogens is 1640 g/mol. The molecule has 0 atom stereocenters. The summed E-state index contributed by atoms with van der Waals surface area (Å²) in [4.78, 5) is 204. The Bertz CT molecular complexity index is 6280. The lowest BCUT2D eigenvalue weighted by Crippen LogP contribution is -2.38. The molecule has 2 aliphatic heterocycles. The number of hydroxylamine groups is 2. The molecule has 2 fully saturated rings. The molecule has 34 nitrogen and oxygen atoms in total. The van der Waals surface area contributed by atoms with Gasteiger partial charge in [0, 0.05) is 75.4 Å². The van der Waals surface area contributed by atoms with E-state index in [4.69, 9.17) is 57.8 Å². The van der Waals surface area contributed by atoms with E-state index in [9.17, 15) is 67.1 Å². The van der Waals surface area contributed by atoms with Crippen molar-refractivity contribution in [3.8, 4) is 12.8 Å². The highest BCUT2D eigenvalue weighted by molar-refractivity contribution is 8.23. The van der Waals surface area contributed by atoms with Gasteiger partial charge in [0.25, 0.3) is 51.1 Å². The summed E-state index contributed by atoms with van der Waals surface area (Å²) in [6.07, 6.45) is 5.73. The van der Waals surface area contributed by atoms with Crippen LogP contribution in [0.3, 0.4) is 0 Å². The molecule has 2 N–H and O–H groups in total. The normalized spacial score (nSPS) is 11.6. The Kier molecular flexibility index (Phi) is 33.4. The number of fused-ring (bicyclic) bond motifs is 1. The van der Waals surface area contributed by atoms with Gasteiger partial charge in [0.2, 0.25) is 0 Å². The van der Waals surface area contributed by atoms with Crippen LogP contribution in [-0.4, -0.2) is 128 Å². The van der Waals surface area contributed by atoms with Crippen LogP contribution in [0.4, 0.5) is 0 Å². The SMILES string of the molecule is CC(=O)c1cccc(=O)n1O.CC(=O)c1cccc(=O)n1OCc1ccccc1.O=C(O)c1cccc(=O)n1OCc1ccccc1.O=C(ON1C(=O)CCC1=O)c1cccc(=O)n1OCc1ccccc1.O=C(On1nnc2ccccc21)c1cccc(=O)n1OCc1ccccc1.O=C(c1cccc(=O)n1OCc1ccccc1)N1CCSC1=S.[2H]C#C. The molecule has 0 unspecified atom stereocenters. The molecular formula is C88H75N11O23S2. The molecule has 9 heterocycles. The van der Waals surface area contributed by atoms with Crippen molar-refractivity contribution in [2.45, 2.75) is 59.7 Å². The Hall–Kier alpha value is -16.4. The smallest absolute Gasteiger partial charge is 0.385 e. The number of thiocarbonyl (C=S) groups is 1. The number of ketones is 2. The number of aromatic nitrogens is 9. The van der Waals surface area contributed by atoms with Gasteiger partial charge in [-0.15, -0.1) is 51.4 Å². The maximum absolute atomic E-state index is 12.6. The second-order valence-corrected chi connectivity index (χ2v) is 27.1. The Morgan fingerprint density at radius 3 is 1.09 bits per heavy atom. The van der Waals surface area contributed by atoms with Crippen molar-refractivity contribution in [3.05, 3.63) is 409 Å². The van der Waals surface area contributed by atoms with E-state index < -0.39 is 52.0 Å². The number of amides is 3. The first-order chi connectivity index (χ1) is 60.3. The van der Waals surface area contributed by atoms with Gasteiger partial charge in [-0.3, -0.25) is 57.6 Å². The van der Waals surface area contributed by atoms with Gasteiger partial charge in [-0.25, -0.2) is 14.4 Å². The predicted octanol–water partition coefficient (Wildman–Crippen LogP) is 7.53. The zero-order chi connectivity index (χ0) is 89.7. The fourth-order valence-electron chi connectivity index (χ4n) is 10.8. The van der Waals surface area contributed by atoms with Crippen LogP contribution in [0.25, 0.3) is 11.0 Å². The van der Waals surface area contributed by atoms with Crippen LogP contribution in [0.15, 0.2) is 314 Å². The average Bonchev–Trinajstić information content (AvgIpc) is 1.80. The Morgan fingerprint density at radius 1 is 0.411 bits per heavy atom. The van der Waals surface area contributed by atoms with E-state index in [-0.39, 0.29) is 109 Å². The number of imide groups is 1. The van der Waals surface area contributed by atoms with Crippen LogP contribution >= 0.6 is 24.0 Å². The molecule has 2 aliphatic rings. The molecule has 0 saturated carbocycles. The lowest BCUT2D eigenvalue weighted by molar-refractivity contribution is -0.173. The standard InChI is InChI=1S/C19H14N4O4.C17H14N2O6.C16H14N2O3S2.C14H13NO3.C13H11NO4.C7H7NO3.C2H2/c24-18-12-6-11-17(22(18)26-13-14-7-2-1-3-8-14)19(25)27-23-16-10-5-4-9-15(16)20-21-23;20-14-8-4-7-13(17(23)25-19-15(21)9-10-16(19)22)18(14)24-11-12-5-2-1-3-6-12;19-14-8-4-7-13(15(20)17-9-10-23-16(17)22)18(14)21-11-12-5-2-1-3-6-12;1-11(16)13-8-5-9-14(17)15(13)18-10-12-6-3-2-4-7-12;15-12-8-4-7-11(13(16)17)14(12)18-9-10-5-2-1-3-6-10;1-5(9)6-3-2-4-7(10)8(6)11;1-2/h1-12H,13H2;1-8H,9-11H2;1-8H,9-11H2;2-9H,10H2,1H3;1-8H,9H2,(H,16,17);2-4,11H,1H3;1-2H/i;;;;;;1D. The van der Waals surface area contributed by atoms with Crippen LogP contribution in [0.1, 0.15) is 119 Å². The van der Waals surface area contributed by atoms with Gasteiger partial charge in [0.1, 0.15) is 66.8 Å². The van der Waals surface area contributed by atoms with E-state index in [1.807, 2.05) is 140 Å². The van der Waals surface area contributed by atoms with E-state index in [2.05, 4.69) is 16.7 Å². The van der Waals surface area contributed by atoms with Crippen LogP contribution in [0.5, 0.6) is 0 Å². The van der Waals surface area contributed by atoms with Crippen molar-refractivity contribution >= 4 is 86.5 Å². The Balaban J connectivity index is 0.000000171. The van der Waals surface area contributed by atoms with Crippen molar-refractivity contribution in [2.75, 3.05) is 12.3 Å². The summed E-state index contributed by atoms with van der Waals surface area (Å²) >= 11 is 6.63. The van der Waals surface area contributed by atoms with Crippen LogP contribution in [0.2, 0.25) is 0 Å². The van der Waals surface area contributed by atoms with Crippen molar-refractivity contribution in [1.29, 1.82) is 0 Å². The van der Waals surface area contributed by atoms with Crippen LogP contribution in [0, 0.1) is 12.8 Å². The molecule has 0 bridgehead atoms. The second-order valence-electron chi connectivity index (χ2n) is 25.4. The van der Waals surface area contributed by atoms with Gasteiger partial charge in [0.15, 0.2) is 28.6 Å². The first kappa shape index (κ1) is 89.9. The molecule has 0 spiro atoms. The molecule has 0 radical (unpaired) electrons. The lowest BCUT2D eigenvalue weighted by atomic mass is 10.2. The highest BCUT2D eigenvalue weighted by Crippen LogP contribution is 2.21. The third-order valence-electron chi connectivity index (χ3n) is 16.8. The minimum atomic E-state index is -1.21. The maximum Gasteiger partial charge on any atom is 0.385 e. The number of hydrogen-bond acceptors (Lipinski definition) is 26. The lowest BCUT2D eigenvalue weighted by Gasteiger charge is -2.18. The van der Waals surface area contributed by atoms with E-state index >= 15 is 0 Å². The van der Waals surface area contributed by atoms with Crippen molar-refractivity contribution < 1.29 is 83.9 Å². The monoisotopic (exact) mass is 1720 g/mol. The summed E-state index contributed by atoms with van der Waals surface area (Å²) in [6.45, 7) is 3.97. The van der Waals surface area contributed by atoms with Crippen molar-refractivity contribution in [2.24, 2.45) is 0 Å². The summed E-state index contributed by atoms with van der Waals surface area (Å²) in [5.41, 5.74) is 2.50. The number of thioether (sulfide) groups is 1. The number of hydrogen-bond donors (Lipinski definition) is 2. The summed E-state index contributed by atoms with van der Waals surface area (Å²) in [6, 6.07) is 78.4. The van der Waals surface area contributed by atoms with Gasteiger partial charge in [-0.1, -0.05) is 229 Å². The number of carbonyl (C=O) groups is 8. The van der Waals surface area contributed by atoms with Gasteiger partial charge < -0.3 is 44.2 Å². The zero-order valence-corrected chi connectivity index (χ0v) is 67.4. The number of Topliss-reactive ketones (excluding diaryl/α,β-unsaturated/α-hetero) is 2. The van der Waals surface area contributed by atoms with E-state index in [0.717, 1.165) is 62.1 Å². The maximum atomic E-state index is 12.6. The molecule has 6 aromatic carbocycles. The number of carboxylic acids is 1. The van der Waals surface area contributed by atoms with E-state index in [1.165, 1.54) is 122 Å². The number of terminal acetylenes is 1. The first-order valence-electron chi connectivity index (χ1n) is 37.5. The van der Waals surface area contributed by atoms with Gasteiger partial charge in [-0.05, 0) is 81.6 Å². The highest BCUT2D eigenvalue weighted by Gasteiger charge is 2.34. The minimum Gasteiger partial charge on any atom is -0.476 e. The molecule has 13 aromatic rings. The van der Waals surface area contributed by atoms with E-state index in [1.54, 1.807) is 60.7 Å². The van der Waals surface area contributed by atoms with Crippen LogP contribution in [-0.2, 0) is 47.5 Å². The van der Waals surface area contributed by atoms with E-state index in [0.29, 0.717) is 31.7 Å². The average molecular weight is 1720 g/mol. The number of rotatable bonds is 23. The quantitative estimate of drug-likeness (QED) is 0.0156. The third kappa shape index (κ3) is 25.8. The molecule has 3 amide bonds. The predicted molar refractivity (Wildman–Crippen MR) is 453 cm³/mol. The second kappa shape index (κ2) is 46.1. The highest BCUT2D eigenvalue weighted by atomic mass is 32.2. The number of carbonyl (C=O) groups excluding carboxylic acids is 7. The zero-order valence-electron chi connectivity index (χ0n) is 66.8. The number of nitrogens with zero attached hydrogens (tertiary/aromatic N) is 11. The Labute approximate surface area is 714 Å². The van der Waals surface area contributed by atoms with Crippen LogP contribution < -0.4 is 62.4 Å². The summed E-state index contributed by atoms with van der Waals surface area (Å²) in [5, 5.41) is 26.0. The largest absolute Gasteiger partial charge is 0.476 e. The van der Waals surface area contributed by atoms with Gasteiger partial charge in [0.05, 0.1) is 0 Å². The summed E-state index contributed by atoms with van der Waals surface area (Å²) in [7, 11) is 0. The first-order valence-corrected chi connectivity index (χ1v) is 38.4. The number of benzene rings is 6. The fraction of sp³-hybridized carbons (Fsp3) is 0.125. The molecule has 0 aliphatic carbocycles. The number of carboxylic acid groups (broad SMARTS) is 1. The molecule has 2 saturated heterocycles. The molecule has 15 rings (SSSR count). The molecule has 124 heavy (non-hydrogen) atoms. The van der Waals surface area contributed by atoms with Gasteiger partial charge in [-0.2, -0.15) is 0 Å². The summed E-state index contributed by atoms with van der Waals surface area (Å²) in [5.74, 6) is -4.34. The number of aromatic carboxylic acids is 1. The summed E-state index contributed by atoms with van der Waals surface area (Å²) < 4.78 is 11.2. The van der Waals surface area contributed by atoms with Crippen molar-refractivity contribution in [1.82, 2.24) is 53.5 Å².